The number of carbonyl (C=O) groups is 1. The average molecular weight is 325 g/mol. The van der Waals surface area contributed by atoms with Crippen molar-refractivity contribution in [1.29, 1.82) is 0 Å². The van der Waals surface area contributed by atoms with Crippen molar-refractivity contribution in [3.63, 3.8) is 0 Å². The molecule has 0 bridgehead atoms. The number of nitrogens with zero attached hydrogens (tertiary/aromatic N) is 1. The van der Waals surface area contributed by atoms with Crippen molar-refractivity contribution in [3.8, 4) is 0 Å². The average Bonchev–Trinajstić information content (AvgIpc) is 3.07. The van der Waals surface area contributed by atoms with Crippen LogP contribution < -0.4 is 5.32 Å². The van der Waals surface area contributed by atoms with Gasteiger partial charge in [-0.2, -0.15) is 0 Å². The number of carbonyl (C=O) groups excluding carboxylic acids is 1. The second-order valence-corrected chi connectivity index (χ2v) is 5.28. The molecule has 24 heavy (non-hydrogen) atoms. The van der Waals surface area contributed by atoms with Gasteiger partial charge in [-0.25, -0.2) is 14.2 Å². The fraction of sp³-hybridized carbons (Fsp3) is 0.111. The Labute approximate surface area is 138 Å². The Morgan fingerprint density at radius 3 is 2.67 bits per heavy atom. The van der Waals surface area contributed by atoms with Crippen molar-refractivity contribution in [2.24, 2.45) is 0 Å². The highest BCUT2D eigenvalue weighted by molar-refractivity contribution is 5.84. The maximum absolute atomic E-state index is 13.0. The maximum atomic E-state index is 13.0. The third kappa shape index (κ3) is 4.42. The molecule has 2 aromatic carbocycles. The first kappa shape index (κ1) is 15.7. The normalized spacial score (nSPS) is 10.4. The van der Waals surface area contributed by atoms with E-state index < -0.39 is 11.9 Å². The van der Waals surface area contributed by atoms with Crippen LogP contribution in [0.15, 0.2) is 61.1 Å². The Morgan fingerprint density at radius 1 is 1.17 bits per heavy atom. The summed E-state index contributed by atoms with van der Waals surface area (Å²) in [5, 5.41) is 2.48. The molecule has 0 fully saturated rings. The zero-order valence-electron chi connectivity index (χ0n) is 12.8. The van der Waals surface area contributed by atoms with E-state index in [-0.39, 0.29) is 6.61 Å². The maximum Gasteiger partial charge on any atom is 0.411 e. The molecule has 2 N–H and O–H groups in total. The number of aromatic nitrogens is 2. The summed E-state index contributed by atoms with van der Waals surface area (Å²) in [5.74, 6) is -0.416. The van der Waals surface area contributed by atoms with Gasteiger partial charge < -0.3 is 9.72 Å². The zero-order valence-corrected chi connectivity index (χ0v) is 12.8. The number of halogens is 1. The summed E-state index contributed by atoms with van der Waals surface area (Å²) < 4.78 is 18.2. The van der Waals surface area contributed by atoms with Crippen LogP contribution in [-0.2, 0) is 17.8 Å². The van der Waals surface area contributed by atoms with E-state index in [1.54, 1.807) is 18.6 Å². The minimum absolute atomic E-state index is 0.144. The Bertz CT molecular complexity index is 801. The Balaban J connectivity index is 1.50. The number of ether oxygens (including phenoxy) is 1. The number of benzene rings is 2. The fourth-order valence-electron chi connectivity index (χ4n) is 2.22. The van der Waals surface area contributed by atoms with Gasteiger partial charge in [0.05, 0.1) is 6.33 Å². The van der Waals surface area contributed by atoms with E-state index >= 15 is 0 Å². The van der Waals surface area contributed by atoms with Crippen molar-refractivity contribution in [3.05, 3.63) is 83.7 Å². The predicted molar refractivity (Wildman–Crippen MR) is 88.0 cm³/mol. The first-order valence-corrected chi connectivity index (χ1v) is 7.43. The third-order valence-electron chi connectivity index (χ3n) is 3.41. The Kier molecular flexibility index (Phi) is 4.86. The van der Waals surface area contributed by atoms with Gasteiger partial charge >= 0.3 is 6.09 Å². The molecule has 0 unspecified atom stereocenters. The number of rotatable bonds is 5. The van der Waals surface area contributed by atoms with E-state index in [0.29, 0.717) is 5.69 Å². The molecule has 0 aliphatic rings. The van der Waals surface area contributed by atoms with Gasteiger partial charge in [-0.1, -0.05) is 30.3 Å². The first-order chi connectivity index (χ1) is 11.7. The van der Waals surface area contributed by atoms with Crippen molar-refractivity contribution in [2.75, 3.05) is 5.32 Å². The molecule has 1 aromatic heterocycles. The van der Waals surface area contributed by atoms with Crippen LogP contribution in [0.1, 0.15) is 16.8 Å². The Morgan fingerprint density at radius 2 is 1.96 bits per heavy atom. The third-order valence-corrected chi connectivity index (χ3v) is 3.41. The highest BCUT2D eigenvalue weighted by Crippen LogP contribution is 2.12. The molecule has 0 spiro atoms. The summed E-state index contributed by atoms with van der Waals surface area (Å²) in [6.45, 7) is 0.144. The number of imidazole rings is 1. The van der Waals surface area contributed by atoms with Gasteiger partial charge in [0.25, 0.3) is 0 Å². The molecule has 122 valence electrons. The largest absolute Gasteiger partial charge is 0.444 e. The molecule has 3 aromatic rings. The molecular weight excluding hydrogens is 309 g/mol. The number of nitrogens with one attached hydrogen (secondary N) is 2. The van der Waals surface area contributed by atoms with Gasteiger partial charge in [-0.15, -0.1) is 0 Å². The van der Waals surface area contributed by atoms with Gasteiger partial charge in [-0.3, -0.25) is 5.32 Å². The van der Waals surface area contributed by atoms with Gasteiger partial charge in [0.15, 0.2) is 0 Å². The number of hydrogen-bond donors (Lipinski definition) is 2. The topological polar surface area (TPSA) is 67.0 Å². The molecule has 0 radical (unpaired) electrons. The van der Waals surface area contributed by atoms with Gasteiger partial charge in [0.2, 0.25) is 0 Å². The lowest BCUT2D eigenvalue weighted by molar-refractivity contribution is 0.155. The van der Waals surface area contributed by atoms with Crippen LogP contribution in [-0.4, -0.2) is 16.1 Å². The van der Waals surface area contributed by atoms with Gasteiger partial charge in [0.1, 0.15) is 12.4 Å². The van der Waals surface area contributed by atoms with E-state index in [0.717, 1.165) is 23.2 Å². The lowest BCUT2D eigenvalue weighted by Gasteiger charge is -2.08. The summed E-state index contributed by atoms with van der Waals surface area (Å²) in [5.41, 5.74) is 3.40. The lowest BCUT2D eigenvalue weighted by Crippen LogP contribution is -2.13. The molecule has 0 aliphatic heterocycles. The highest BCUT2D eigenvalue weighted by Gasteiger charge is 2.05. The summed E-state index contributed by atoms with van der Waals surface area (Å²) in [6.07, 6.45) is 3.58. The van der Waals surface area contributed by atoms with Crippen molar-refractivity contribution in [2.45, 2.75) is 13.0 Å². The molecule has 1 amide bonds. The number of H-pyrrole nitrogens is 1. The summed E-state index contributed by atoms with van der Waals surface area (Å²) >= 11 is 0. The van der Waals surface area contributed by atoms with Crippen LogP contribution >= 0.6 is 0 Å². The zero-order chi connectivity index (χ0) is 16.8. The van der Waals surface area contributed by atoms with Gasteiger partial charge in [0, 0.05) is 24.0 Å². The van der Waals surface area contributed by atoms with E-state index in [9.17, 15) is 9.18 Å². The summed E-state index contributed by atoms with van der Waals surface area (Å²) in [7, 11) is 0. The standard InChI is InChI=1S/C18H16FN3O2/c19-15-2-1-3-16(9-15)22-18(23)24-11-14-6-4-13(5-7-14)8-17-10-20-12-21-17/h1-7,9-10,12H,8,11H2,(H,20,21)(H,22,23). The summed E-state index contributed by atoms with van der Waals surface area (Å²) in [4.78, 5) is 18.7. The fourth-order valence-corrected chi connectivity index (χ4v) is 2.22. The van der Waals surface area contributed by atoms with Crippen LogP contribution in [0.2, 0.25) is 0 Å². The molecule has 0 aliphatic carbocycles. The van der Waals surface area contributed by atoms with E-state index in [1.165, 1.54) is 18.2 Å². The van der Waals surface area contributed by atoms with Crippen molar-refractivity contribution >= 4 is 11.8 Å². The van der Waals surface area contributed by atoms with Crippen LogP contribution in [0.5, 0.6) is 0 Å². The lowest BCUT2D eigenvalue weighted by atomic mass is 10.1. The number of aromatic amines is 1. The van der Waals surface area contributed by atoms with E-state index in [1.807, 2.05) is 24.3 Å². The second-order valence-electron chi connectivity index (χ2n) is 5.28. The SMILES string of the molecule is O=C(Nc1cccc(F)c1)OCc1ccc(Cc2cnc[nH]2)cc1. The van der Waals surface area contributed by atoms with Crippen LogP contribution in [0, 0.1) is 5.82 Å². The summed E-state index contributed by atoms with van der Waals surface area (Å²) in [6, 6.07) is 13.4. The van der Waals surface area contributed by atoms with Crippen LogP contribution in [0.3, 0.4) is 0 Å². The van der Waals surface area contributed by atoms with Crippen LogP contribution in [0.25, 0.3) is 0 Å². The second kappa shape index (κ2) is 7.41. The quantitative estimate of drug-likeness (QED) is 0.748. The predicted octanol–water partition coefficient (Wildman–Crippen LogP) is 3.89. The number of anilines is 1. The number of hydrogen-bond acceptors (Lipinski definition) is 3. The monoisotopic (exact) mass is 325 g/mol. The molecule has 0 saturated heterocycles. The van der Waals surface area contributed by atoms with E-state index in [4.69, 9.17) is 4.74 Å². The minimum atomic E-state index is -0.623. The molecule has 0 atom stereocenters. The number of amides is 1. The Hall–Kier alpha value is -3.15. The molecule has 3 rings (SSSR count). The first-order valence-electron chi connectivity index (χ1n) is 7.43. The molecule has 5 nitrogen and oxygen atoms in total. The molecule has 6 heteroatoms. The highest BCUT2D eigenvalue weighted by atomic mass is 19.1. The smallest absolute Gasteiger partial charge is 0.411 e. The van der Waals surface area contributed by atoms with Crippen molar-refractivity contribution < 1.29 is 13.9 Å². The molecule has 1 heterocycles. The van der Waals surface area contributed by atoms with E-state index in [2.05, 4.69) is 15.3 Å². The van der Waals surface area contributed by atoms with Gasteiger partial charge in [-0.05, 0) is 29.3 Å². The van der Waals surface area contributed by atoms with Crippen molar-refractivity contribution in [1.82, 2.24) is 9.97 Å². The van der Waals surface area contributed by atoms with Crippen LogP contribution in [0.4, 0.5) is 14.9 Å². The molecule has 0 saturated carbocycles. The molecular formula is C18H16FN3O2. The minimum Gasteiger partial charge on any atom is -0.444 e.